The smallest absolute Gasteiger partial charge is 0.348 e. The molecule has 0 radical (unpaired) electrons. The molecule has 1 aromatic heterocycles. The summed E-state index contributed by atoms with van der Waals surface area (Å²) in [6.07, 6.45) is 0.860. The van der Waals surface area contributed by atoms with Crippen molar-refractivity contribution in [1.82, 2.24) is 5.32 Å². The lowest BCUT2D eigenvalue weighted by Gasteiger charge is -2.14. The van der Waals surface area contributed by atoms with E-state index in [-0.39, 0.29) is 13.2 Å². The van der Waals surface area contributed by atoms with Crippen LogP contribution in [0, 0.1) is 6.92 Å². The fraction of sp³-hybridized carbons (Fsp3) is 0.400. The molecular weight excluding hydrogens is 382 g/mol. The monoisotopic (exact) mass is 407 g/mol. The van der Waals surface area contributed by atoms with Gasteiger partial charge in [-0.2, -0.15) is 0 Å². The van der Waals surface area contributed by atoms with E-state index in [2.05, 4.69) is 5.32 Å². The van der Waals surface area contributed by atoms with Crippen molar-refractivity contribution in [2.45, 2.75) is 26.8 Å². The van der Waals surface area contributed by atoms with Gasteiger partial charge in [0, 0.05) is 11.4 Å². The van der Waals surface area contributed by atoms with Gasteiger partial charge >= 0.3 is 5.97 Å². The van der Waals surface area contributed by atoms with Crippen molar-refractivity contribution < 1.29 is 28.5 Å². The molecule has 1 aromatic carbocycles. The zero-order valence-corrected chi connectivity index (χ0v) is 17.5. The van der Waals surface area contributed by atoms with Crippen LogP contribution < -0.4 is 19.5 Å². The van der Waals surface area contributed by atoms with Crippen molar-refractivity contribution in [2.24, 2.45) is 0 Å². The number of hydrogen-bond donors (Lipinski definition) is 1. The van der Waals surface area contributed by atoms with E-state index in [4.69, 9.17) is 18.9 Å². The van der Waals surface area contributed by atoms with Crippen LogP contribution in [0.1, 0.15) is 32.6 Å². The van der Waals surface area contributed by atoms with Crippen LogP contribution in [-0.2, 0) is 22.5 Å². The predicted molar refractivity (Wildman–Crippen MR) is 107 cm³/mol. The Hall–Kier alpha value is -2.74. The van der Waals surface area contributed by atoms with Crippen molar-refractivity contribution in [1.29, 1.82) is 0 Å². The Morgan fingerprint density at radius 2 is 1.68 bits per heavy atom. The summed E-state index contributed by atoms with van der Waals surface area (Å²) in [6.45, 7) is 3.87. The molecule has 0 atom stereocenters. The molecule has 0 fully saturated rings. The molecule has 0 aliphatic heterocycles. The number of methoxy groups -OCH3 is 3. The summed E-state index contributed by atoms with van der Waals surface area (Å²) in [6, 6.07) is 5.28. The molecule has 8 heteroatoms. The summed E-state index contributed by atoms with van der Waals surface area (Å²) in [5.74, 6) is 0.586. The maximum absolute atomic E-state index is 12.1. The van der Waals surface area contributed by atoms with Gasteiger partial charge in [-0.1, -0.05) is 6.92 Å². The first-order valence-corrected chi connectivity index (χ1v) is 9.57. The van der Waals surface area contributed by atoms with Gasteiger partial charge in [0.25, 0.3) is 5.91 Å². The van der Waals surface area contributed by atoms with Crippen LogP contribution in [-0.4, -0.2) is 39.8 Å². The molecular formula is C20H25NO6S. The summed E-state index contributed by atoms with van der Waals surface area (Å²) >= 11 is 1.40. The zero-order valence-electron chi connectivity index (χ0n) is 16.7. The van der Waals surface area contributed by atoms with Crippen LogP contribution in [0.4, 0.5) is 0 Å². The molecule has 2 rings (SSSR count). The van der Waals surface area contributed by atoms with Crippen LogP contribution in [0.25, 0.3) is 0 Å². The summed E-state index contributed by atoms with van der Waals surface area (Å²) in [5, 5.41) is 2.71. The van der Waals surface area contributed by atoms with Crippen LogP contribution in [0.5, 0.6) is 17.2 Å². The number of carbonyl (C=O) groups is 2. The van der Waals surface area contributed by atoms with E-state index < -0.39 is 11.9 Å². The molecule has 0 spiro atoms. The van der Waals surface area contributed by atoms with E-state index in [0.29, 0.717) is 22.1 Å². The van der Waals surface area contributed by atoms with Gasteiger partial charge in [0.2, 0.25) is 5.75 Å². The molecule has 1 amide bonds. The molecule has 1 heterocycles. The third-order valence-electron chi connectivity index (χ3n) is 4.09. The Balaban J connectivity index is 1.92. The van der Waals surface area contributed by atoms with Gasteiger partial charge < -0.3 is 24.3 Å². The Labute approximate surface area is 168 Å². The predicted octanol–water partition coefficient (Wildman–Crippen LogP) is 3.12. The molecule has 0 aliphatic rings. The van der Waals surface area contributed by atoms with Crippen LogP contribution in [0.3, 0.4) is 0 Å². The van der Waals surface area contributed by atoms with Gasteiger partial charge in [-0.25, -0.2) is 4.79 Å². The van der Waals surface area contributed by atoms with Crippen molar-refractivity contribution in [3.63, 3.8) is 0 Å². The number of thiophene rings is 1. The van der Waals surface area contributed by atoms with Crippen molar-refractivity contribution >= 4 is 23.2 Å². The number of nitrogens with one attached hydrogen (secondary N) is 1. The number of aryl methyl sites for hydroxylation is 2. The lowest BCUT2D eigenvalue weighted by atomic mass is 10.1. The molecule has 28 heavy (non-hydrogen) atoms. The number of rotatable bonds is 9. The minimum absolute atomic E-state index is 0.227. The largest absolute Gasteiger partial charge is 0.493 e. The van der Waals surface area contributed by atoms with Crippen molar-refractivity contribution in [2.75, 3.05) is 27.9 Å². The van der Waals surface area contributed by atoms with Gasteiger partial charge in [-0.3, -0.25) is 4.79 Å². The molecule has 0 bridgehead atoms. The van der Waals surface area contributed by atoms with E-state index in [9.17, 15) is 9.59 Å². The van der Waals surface area contributed by atoms with E-state index in [1.807, 2.05) is 13.8 Å². The maximum atomic E-state index is 12.1. The van der Waals surface area contributed by atoms with Crippen LogP contribution in [0.15, 0.2) is 18.2 Å². The third-order valence-corrected chi connectivity index (χ3v) is 5.45. The fourth-order valence-corrected chi connectivity index (χ4v) is 3.67. The van der Waals surface area contributed by atoms with Gasteiger partial charge in [0.15, 0.2) is 18.1 Å². The standard InChI is InChI=1S/C20H25NO6S/c1-6-16-12(2)7-17(28-16)20(23)27-11-18(22)21-10-13-8-14(24-3)19(26-5)15(9-13)25-4/h7-9H,6,10-11H2,1-5H3,(H,21,22). The minimum Gasteiger partial charge on any atom is -0.493 e. The number of amides is 1. The van der Waals surface area contributed by atoms with E-state index in [1.165, 1.54) is 32.7 Å². The number of hydrogen-bond acceptors (Lipinski definition) is 7. The summed E-state index contributed by atoms with van der Waals surface area (Å²) < 4.78 is 21.0. The molecule has 0 unspecified atom stereocenters. The molecule has 0 aliphatic carbocycles. The second kappa shape index (κ2) is 9.98. The van der Waals surface area contributed by atoms with Gasteiger partial charge in [0.05, 0.1) is 21.3 Å². The normalized spacial score (nSPS) is 10.3. The summed E-state index contributed by atoms with van der Waals surface area (Å²) in [5.41, 5.74) is 1.82. The lowest BCUT2D eigenvalue weighted by molar-refractivity contribution is -0.124. The molecule has 0 saturated carbocycles. The lowest BCUT2D eigenvalue weighted by Crippen LogP contribution is -2.28. The van der Waals surface area contributed by atoms with Crippen molar-refractivity contribution in [3.8, 4) is 17.2 Å². The summed E-state index contributed by atoms with van der Waals surface area (Å²) in [4.78, 5) is 25.8. The fourth-order valence-electron chi connectivity index (χ4n) is 2.66. The highest BCUT2D eigenvalue weighted by molar-refractivity contribution is 7.14. The van der Waals surface area contributed by atoms with E-state index in [0.717, 1.165) is 22.4 Å². The summed E-state index contributed by atoms with van der Waals surface area (Å²) in [7, 11) is 4.57. The van der Waals surface area contributed by atoms with Crippen molar-refractivity contribution in [3.05, 3.63) is 39.1 Å². The first kappa shape index (κ1) is 21.6. The van der Waals surface area contributed by atoms with E-state index in [1.54, 1.807) is 18.2 Å². The highest BCUT2D eigenvalue weighted by Gasteiger charge is 2.16. The Bertz CT molecular complexity index is 820. The second-order valence-corrected chi connectivity index (χ2v) is 7.09. The van der Waals surface area contributed by atoms with Gasteiger partial charge in [-0.15, -0.1) is 11.3 Å². The number of benzene rings is 1. The Kier molecular flexibility index (Phi) is 7.69. The topological polar surface area (TPSA) is 83.1 Å². The zero-order chi connectivity index (χ0) is 20.7. The van der Waals surface area contributed by atoms with Gasteiger partial charge in [-0.05, 0) is 42.7 Å². The highest BCUT2D eigenvalue weighted by Crippen LogP contribution is 2.38. The van der Waals surface area contributed by atoms with Crippen LogP contribution >= 0.6 is 11.3 Å². The third kappa shape index (κ3) is 5.16. The highest BCUT2D eigenvalue weighted by atomic mass is 32.1. The average molecular weight is 407 g/mol. The SMILES string of the molecule is CCc1sc(C(=O)OCC(=O)NCc2cc(OC)c(OC)c(OC)c2)cc1C. The van der Waals surface area contributed by atoms with E-state index >= 15 is 0 Å². The first-order chi connectivity index (χ1) is 13.4. The number of esters is 1. The Morgan fingerprint density at radius 3 is 2.18 bits per heavy atom. The molecule has 152 valence electrons. The average Bonchev–Trinajstić information content (AvgIpc) is 3.10. The number of carbonyl (C=O) groups excluding carboxylic acids is 2. The quantitative estimate of drug-likeness (QED) is 0.643. The van der Waals surface area contributed by atoms with Crippen LogP contribution in [0.2, 0.25) is 0 Å². The molecule has 1 N–H and O–H groups in total. The second-order valence-electron chi connectivity index (χ2n) is 5.96. The molecule has 7 nitrogen and oxygen atoms in total. The Morgan fingerprint density at radius 1 is 1.04 bits per heavy atom. The molecule has 0 saturated heterocycles. The first-order valence-electron chi connectivity index (χ1n) is 8.75. The van der Waals surface area contributed by atoms with Gasteiger partial charge in [0.1, 0.15) is 4.88 Å². The minimum atomic E-state index is -0.490. The number of ether oxygens (including phenoxy) is 4. The maximum Gasteiger partial charge on any atom is 0.348 e. The molecule has 2 aromatic rings.